The van der Waals surface area contributed by atoms with Gasteiger partial charge in [-0.2, -0.15) is 11.3 Å². The van der Waals surface area contributed by atoms with Crippen LogP contribution in [0.1, 0.15) is 4.88 Å². The van der Waals surface area contributed by atoms with Gasteiger partial charge >= 0.3 is 0 Å². The number of nitrogens with zero attached hydrogens (tertiary/aromatic N) is 1. The van der Waals surface area contributed by atoms with E-state index >= 15 is 0 Å². The van der Waals surface area contributed by atoms with Gasteiger partial charge in [0.05, 0.1) is 13.2 Å². The molecule has 0 aliphatic heterocycles. The van der Waals surface area contributed by atoms with Gasteiger partial charge < -0.3 is 15.2 Å². The van der Waals surface area contributed by atoms with Gasteiger partial charge in [-0.3, -0.25) is 0 Å². The molecule has 3 rings (SSSR count). The second-order valence-corrected chi connectivity index (χ2v) is 6.49. The van der Waals surface area contributed by atoms with Crippen molar-refractivity contribution in [3.8, 4) is 16.3 Å². The minimum atomic E-state index is 0.0256. The van der Waals surface area contributed by atoms with Gasteiger partial charge in [0.2, 0.25) is 0 Å². The molecule has 0 fully saturated rings. The van der Waals surface area contributed by atoms with Gasteiger partial charge in [0.15, 0.2) is 0 Å². The number of nitrogens with one attached hydrogen (secondary N) is 1. The average molecular weight is 332 g/mol. The van der Waals surface area contributed by atoms with E-state index in [-0.39, 0.29) is 6.61 Å². The highest BCUT2D eigenvalue weighted by atomic mass is 32.1. The number of aromatic nitrogens is 1. The van der Waals surface area contributed by atoms with Gasteiger partial charge in [0, 0.05) is 27.7 Å². The maximum Gasteiger partial charge on any atom is 0.124 e. The van der Waals surface area contributed by atoms with Crippen molar-refractivity contribution in [2.45, 2.75) is 6.54 Å². The number of thiophene rings is 1. The van der Waals surface area contributed by atoms with Crippen LogP contribution < -0.4 is 10.1 Å². The minimum absolute atomic E-state index is 0.0256. The lowest BCUT2D eigenvalue weighted by molar-refractivity contribution is 0.201. The van der Waals surface area contributed by atoms with Crippen molar-refractivity contribution in [1.82, 2.24) is 4.98 Å². The first kappa shape index (κ1) is 15.0. The minimum Gasteiger partial charge on any atom is -0.491 e. The van der Waals surface area contributed by atoms with Crippen molar-refractivity contribution < 1.29 is 9.84 Å². The number of anilines is 1. The molecule has 0 aliphatic carbocycles. The van der Waals surface area contributed by atoms with E-state index in [0.29, 0.717) is 6.61 Å². The first-order chi connectivity index (χ1) is 10.8. The van der Waals surface area contributed by atoms with Crippen LogP contribution in [0.15, 0.2) is 47.3 Å². The molecule has 0 spiro atoms. The van der Waals surface area contributed by atoms with E-state index in [1.54, 1.807) is 22.7 Å². The van der Waals surface area contributed by atoms with E-state index in [1.807, 2.05) is 30.5 Å². The van der Waals surface area contributed by atoms with Crippen molar-refractivity contribution >= 4 is 28.4 Å². The number of ether oxygens (including phenoxy) is 1. The van der Waals surface area contributed by atoms with Crippen molar-refractivity contribution in [3.63, 3.8) is 0 Å². The van der Waals surface area contributed by atoms with Crippen LogP contribution in [-0.2, 0) is 6.54 Å². The highest BCUT2D eigenvalue weighted by Gasteiger charge is 2.05. The third-order valence-electron chi connectivity index (χ3n) is 3.00. The molecular weight excluding hydrogens is 316 g/mol. The van der Waals surface area contributed by atoms with Gasteiger partial charge in [0.25, 0.3) is 0 Å². The van der Waals surface area contributed by atoms with Crippen molar-refractivity contribution in [2.24, 2.45) is 0 Å². The number of benzene rings is 1. The summed E-state index contributed by atoms with van der Waals surface area (Å²) in [5, 5.41) is 17.3. The van der Waals surface area contributed by atoms with E-state index in [4.69, 9.17) is 9.84 Å². The molecule has 114 valence electrons. The molecule has 3 aromatic rings. The molecule has 2 heterocycles. The molecule has 0 bridgehead atoms. The third-order valence-corrected chi connectivity index (χ3v) is 4.73. The van der Waals surface area contributed by atoms with Gasteiger partial charge in [0.1, 0.15) is 17.4 Å². The molecule has 0 radical (unpaired) electrons. The van der Waals surface area contributed by atoms with E-state index < -0.39 is 0 Å². The summed E-state index contributed by atoms with van der Waals surface area (Å²) in [6.07, 6.45) is 1.92. The Morgan fingerprint density at radius 3 is 2.77 bits per heavy atom. The molecule has 0 saturated heterocycles. The van der Waals surface area contributed by atoms with Crippen molar-refractivity contribution in [3.05, 3.63) is 52.2 Å². The standard InChI is InChI=1S/C16H16N2O2S2/c19-6-7-20-14-3-1-13(2-4-14)17-9-15-10-18-16(22-15)12-5-8-21-11-12/h1-5,8,10-11,17,19H,6-7,9H2. The molecule has 4 nitrogen and oxygen atoms in total. The molecule has 0 atom stereocenters. The van der Waals surface area contributed by atoms with E-state index in [0.717, 1.165) is 23.0 Å². The quantitative estimate of drug-likeness (QED) is 0.690. The van der Waals surface area contributed by atoms with Crippen LogP contribution in [0.25, 0.3) is 10.6 Å². The van der Waals surface area contributed by atoms with Crippen LogP contribution in [0.2, 0.25) is 0 Å². The first-order valence-electron chi connectivity index (χ1n) is 6.90. The molecule has 1 aromatic carbocycles. The number of aliphatic hydroxyl groups is 1. The summed E-state index contributed by atoms with van der Waals surface area (Å²) >= 11 is 3.39. The summed E-state index contributed by atoms with van der Waals surface area (Å²) in [7, 11) is 0. The molecule has 0 saturated carbocycles. The zero-order valence-corrected chi connectivity index (χ0v) is 13.5. The average Bonchev–Trinajstić information content (AvgIpc) is 3.23. The van der Waals surface area contributed by atoms with Crippen molar-refractivity contribution in [1.29, 1.82) is 0 Å². The summed E-state index contributed by atoms with van der Waals surface area (Å²) in [6, 6.07) is 9.80. The lowest BCUT2D eigenvalue weighted by Gasteiger charge is -2.07. The Labute approximate surface area is 137 Å². The molecule has 0 unspecified atom stereocenters. The van der Waals surface area contributed by atoms with Crippen LogP contribution in [0.4, 0.5) is 5.69 Å². The topological polar surface area (TPSA) is 54.4 Å². The Morgan fingerprint density at radius 2 is 2.05 bits per heavy atom. The van der Waals surface area contributed by atoms with E-state index in [1.165, 1.54) is 10.4 Å². The maximum atomic E-state index is 8.72. The maximum absolute atomic E-state index is 8.72. The van der Waals surface area contributed by atoms with E-state index in [2.05, 4.69) is 27.1 Å². The Kier molecular flexibility index (Phi) is 5.05. The molecule has 2 aromatic heterocycles. The van der Waals surface area contributed by atoms with Crippen molar-refractivity contribution in [2.75, 3.05) is 18.5 Å². The largest absolute Gasteiger partial charge is 0.491 e. The normalized spacial score (nSPS) is 10.6. The zero-order valence-electron chi connectivity index (χ0n) is 11.9. The van der Waals surface area contributed by atoms with Gasteiger partial charge in [-0.1, -0.05) is 0 Å². The summed E-state index contributed by atoms with van der Waals surface area (Å²) in [5.74, 6) is 0.761. The van der Waals surface area contributed by atoms with Crippen LogP contribution in [0, 0.1) is 0 Å². The number of hydrogen-bond acceptors (Lipinski definition) is 6. The predicted octanol–water partition coefficient (Wildman–Crippen LogP) is 3.85. The van der Waals surface area contributed by atoms with Crippen LogP contribution >= 0.6 is 22.7 Å². The monoisotopic (exact) mass is 332 g/mol. The lowest BCUT2D eigenvalue weighted by atomic mass is 10.3. The summed E-state index contributed by atoms with van der Waals surface area (Å²) in [4.78, 5) is 5.66. The van der Waals surface area contributed by atoms with Gasteiger partial charge in [-0.25, -0.2) is 4.98 Å². The molecule has 6 heteroatoms. The van der Waals surface area contributed by atoms with E-state index in [9.17, 15) is 0 Å². The van der Waals surface area contributed by atoms with Crippen LogP contribution in [0.3, 0.4) is 0 Å². The molecule has 2 N–H and O–H groups in total. The Morgan fingerprint density at radius 1 is 1.18 bits per heavy atom. The molecule has 0 amide bonds. The van der Waals surface area contributed by atoms with Crippen LogP contribution in [-0.4, -0.2) is 23.3 Å². The second-order valence-electron chi connectivity index (χ2n) is 4.59. The van der Waals surface area contributed by atoms with Gasteiger partial charge in [-0.05, 0) is 35.7 Å². The summed E-state index contributed by atoms with van der Waals surface area (Å²) < 4.78 is 5.33. The summed E-state index contributed by atoms with van der Waals surface area (Å²) in [6.45, 7) is 1.09. The molecule has 0 aliphatic rings. The SMILES string of the molecule is OCCOc1ccc(NCc2cnc(-c3ccsc3)s2)cc1. The molecular formula is C16H16N2O2S2. The third kappa shape index (κ3) is 3.85. The second kappa shape index (κ2) is 7.40. The predicted molar refractivity (Wildman–Crippen MR) is 91.8 cm³/mol. The number of aliphatic hydroxyl groups excluding tert-OH is 1. The Hall–Kier alpha value is -1.89. The highest BCUT2D eigenvalue weighted by Crippen LogP contribution is 2.27. The summed E-state index contributed by atoms with van der Waals surface area (Å²) in [5.41, 5.74) is 2.22. The van der Waals surface area contributed by atoms with Crippen LogP contribution in [0.5, 0.6) is 5.75 Å². The number of hydrogen-bond donors (Lipinski definition) is 2. The van der Waals surface area contributed by atoms with Gasteiger partial charge in [-0.15, -0.1) is 11.3 Å². The number of rotatable bonds is 7. The Balaban J connectivity index is 1.56. The smallest absolute Gasteiger partial charge is 0.124 e. The fourth-order valence-corrected chi connectivity index (χ4v) is 3.49. The highest BCUT2D eigenvalue weighted by molar-refractivity contribution is 7.15. The number of thiazole rings is 1. The zero-order chi connectivity index (χ0) is 15.2. The molecule has 22 heavy (non-hydrogen) atoms. The Bertz CT molecular complexity index is 693. The fourth-order valence-electron chi connectivity index (χ4n) is 1.93. The fraction of sp³-hybridized carbons (Fsp3) is 0.188. The first-order valence-corrected chi connectivity index (χ1v) is 8.66. The lowest BCUT2D eigenvalue weighted by Crippen LogP contribution is -2.02.